The third kappa shape index (κ3) is 5.09. The van der Waals surface area contributed by atoms with Crippen LogP contribution in [0.3, 0.4) is 0 Å². The lowest BCUT2D eigenvalue weighted by atomic mass is 9.95. The van der Waals surface area contributed by atoms with Gasteiger partial charge in [-0.2, -0.15) is 10.5 Å². The number of hydrogen-bond acceptors (Lipinski definition) is 11. The van der Waals surface area contributed by atoms with Gasteiger partial charge in [0.25, 0.3) is 5.91 Å². The second-order valence-corrected chi connectivity index (χ2v) is 8.94. The van der Waals surface area contributed by atoms with E-state index >= 15 is 0 Å². The average molecular weight is 576 g/mol. The van der Waals surface area contributed by atoms with Crippen molar-refractivity contribution in [3.05, 3.63) is 63.1 Å². The third-order valence-corrected chi connectivity index (χ3v) is 6.28. The number of anilines is 4. The Hall–Kier alpha value is -5.01. The van der Waals surface area contributed by atoms with Gasteiger partial charge in [-0.05, 0) is 52.2 Å². The molecule has 0 aliphatic carbocycles. The Morgan fingerprint density at radius 3 is 2.71 bits per heavy atom. The molecule has 4 rings (SSSR count). The number of nitrogen functional groups attached to an aromatic ring is 2. The monoisotopic (exact) mass is 575 g/mol. The van der Waals surface area contributed by atoms with Gasteiger partial charge in [-0.15, -0.1) is 0 Å². The molecule has 1 amide bonds. The molecule has 1 aliphatic heterocycles. The zero-order valence-corrected chi connectivity index (χ0v) is 21.9. The van der Waals surface area contributed by atoms with Gasteiger partial charge in [-0.1, -0.05) is 18.2 Å². The lowest BCUT2D eigenvalue weighted by Crippen LogP contribution is -2.32. The van der Waals surface area contributed by atoms with Crippen LogP contribution in [0.5, 0.6) is 11.5 Å². The van der Waals surface area contributed by atoms with Gasteiger partial charge in [0.05, 0.1) is 17.3 Å². The van der Waals surface area contributed by atoms with Gasteiger partial charge in [0.15, 0.2) is 24.3 Å². The number of benzene rings is 2. The Bertz CT molecular complexity index is 1540. The fourth-order valence-corrected chi connectivity index (χ4v) is 4.47. The molecule has 2 heterocycles. The van der Waals surface area contributed by atoms with E-state index in [4.69, 9.17) is 26.2 Å². The van der Waals surface area contributed by atoms with Crippen molar-refractivity contribution >= 4 is 50.8 Å². The molecule has 1 aromatic heterocycles. The third-order valence-electron chi connectivity index (χ3n) is 5.69. The first-order valence-electron chi connectivity index (χ1n) is 11.1. The number of para-hydroxylation sites is 1. The summed E-state index contributed by atoms with van der Waals surface area (Å²) in [5, 5.41) is 26.8. The number of hydrogen-bond donors (Lipinski definition) is 5. The highest BCUT2D eigenvalue weighted by atomic mass is 79.9. The Morgan fingerprint density at radius 1 is 1.26 bits per heavy atom. The number of aliphatic imine (C=N–C) groups is 1. The summed E-state index contributed by atoms with van der Waals surface area (Å²) in [5.41, 5.74) is 14.9. The van der Waals surface area contributed by atoms with Gasteiger partial charge < -0.3 is 31.6 Å². The number of aromatic nitrogens is 1. The first kappa shape index (κ1) is 26.1. The van der Waals surface area contributed by atoms with E-state index in [-0.39, 0.29) is 41.4 Å². The predicted octanol–water partition coefficient (Wildman–Crippen LogP) is 3.16. The quantitative estimate of drug-likeness (QED) is 0.215. The van der Waals surface area contributed by atoms with E-state index in [0.29, 0.717) is 32.8 Å². The smallest absolute Gasteiger partial charge is 0.262 e. The Labute approximate surface area is 226 Å². The molecule has 7 N–H and O–H groups in total. The SMILES string of the molecule is COc1cc(C2N=C(NC#N)Nc3nc(N)c(C#N)c(N)c32)cc(Br)c1OCC(=O)Nc1ccccc1C. The molecule has 1 unspecified atom stereocenters. The van der Waals surface area contributed by atoms with Crippen molar-refractivity contribution in [3.63, 3.8) is 0 Å². The summed E-state index contributed by atoms with van der Waals surface area (Å²) in [5.74, 6) is 0.572. The topological polar surface area (TPSA) is 196 Å². The van der Waals surface area contributed by atoms with E-state index < -0.39 is 6.04 Å². The molecule has 0 saturated heterocycles. The number of halogens is 1. The van der Waals surface area contributed by atoms with Gasteiger partial charge in [-0.3, -0.25) is 10.1 Å². The number of nitrogens with one attached hydrogen (secondary N) is 3. The first-order valence-corrected chi connectivity index (χ1v) is 11.9. The van der Waals surface area contributed by atoms with Crippen LogP contribution in [0.25, 0.3) is 0 Å². The Morgan fingerprint density at radius 2 is 2.03 bits per heavy atom. The molecular weight excluding hydrogens is 554 g/mol. The molecule has 0 spiro atoms. The molecular formula is C25H22BrN9O3. The molecule has 0 saturated carbocycles. The second-order valence-electron chi connectivity index (χ2n) is 8.09. The molecule has 0 bridgehead atoms. The lowest BCUT2D eigenvalue weighted by Gasteiger charge is -2.27. The van der Waals surface area contributed by atoms with E-state index in [1.807, 2.05) is 31.2 Å². The number of nitriles is 2. The molecule has 12 nitrogen and oxygen atoms in total. The Kier molecular flexibility index (Phi) is 7.50. The number of carbonyl (C=O) groups is 1. The number of rotatable bonds is 6. The highest BCUT2D eigenvalue weighted by molar-refractivity contribution is 9.10. The number of pyridine rings is 1. The standard InChI is InChI=1S/C25H22BrN9O3/c1-12-5-3-4-6-16(12)32-18(36)10-38-22-15(26)7-13(8-17(22)37-2)21-19-20(29)14(9-27)23(30)34-24(19)35-25(33-21)31-11-28/h3-8,21H,10H2,1-2H3,(H,32,36)(H6,29,30,31,33,34,35). The number of aryl methyl sites for hydroxylation is 1. The number of nitrogens with two attached hydrogens (primary N) is 2. The maximum atomic E-state index is 12.5. The van der Waals surface area contributed by atoms with E-state index in [1.54, 1.807) is 24.4 Å². The van der Waals surface area contributed by atoms with Crippen LogP contribution >= 0.6 is 15.9 Å². The minimum Gasteiger partial charge on any atom is -0.493 e. The molecule has 1 aliphatic rings. The maximum Gasteiger partial charge on any atom is 0.262 e. The summed E-state index contributed by atoms with van der Waals surface area (Å²) in [6.45, 7) is 1.62. The van der Waals surface area contributed by atoms with Crippen LogP contribution in [-0.4, -0.2) is 30.6 Å². The maximum absolute atomic E-state index is 12.5. The second kappa shape index (κ2) is 10.9. The van der Waals surface area contributed by atoms with Crippen molar-refractivity contribution in [2.45, 2.75) is 13.0 Å². The number of guanidine groups is 1. The van der Waals surface area contributed by atoms with Crippen molar-refractivity contribution in [1.29, 1.82) is 10.5 Å². The summed E-state index contributed by atoms with van der Waals surface area (Å²) in [6.07, 6.45) is 1.81. The van der Waals surface area contributed by atoms with Crippen LogP contribution in [-0.2, 0) is 4.79 Å². The molecule has 3 aromatic rings. The molecule has 1 atom stereocenters. The minimum absolute atomic E-state index is 0.0214. The minimum atomic E-state index is -0.786. The van der Waals surface area contributed by atoms with Gasteiger partial charge >= 0.3 is 0 Å². The van der Waals surface area contributed by atoms with Crippen LogP contribution in [0.15, 0.2) is 45.9 Å². The van der Waals surface area contributed by atoms with Crippen molar-refractivity contribution in [2.24, 2.45) is 4.99 Å². The summed E-state index contributed by atoms with van der Waals surface area (Å²) < 4.78 is 11.8. The fourth-order valence-electron chi connectivity index (χ4n) is 3.90. The zero-order valence-electron chi connectivity index (χ0n) is 20.3. The summed E-state index contributed by atoms with van der Waals surface area (Å²) in [4.78, 5) is 21.3. The largest absolute Gasteiger partial charge is 0.493 e. The normalized spacial score (nSPS) is 13.6. The van der Waals surface area contributed by atoms with Crippen molar-refractivity contribution in [3.8, 4) is 23.8 Å². The first-order chi connectivity index (χ1) is 18.3. The van der Waals surface area contributed by atoms with E-state index in [1.165, 1.54) is 7.11 Å². The number of amides is 1. The van der Waals surface area contributed by atoms with Gasteiger partial charge in [-0.25, -0.2) is 9.98 Å². The summed E-state index contributed by atoms with van der Waals surface area (Å²) in [6, 6.07) is 12.0. The van der Waals surface area contributed by atoms with Crippen LogP contribution in [0, 0.1) is 29.7 Å². The Balaban J connectivity index is 1.68. The van der Waals surface area contributed by atoms with Crippen LogP contribution in [0.2, 0.25) is 0 Å². The highest BCUT2D eigenvalue weighted by Gasteiger charge is 2.31. The fraction of sp³-hybridized carbons (Fsp3) is 0.160. The number of ether oxygens (including phenoxy) is 2. The molecule has 0 fully saturated rings. The molecule has 2 aromatic carbocycles. The average Bonchev–Trinajstić information content (AvgIpc) is 2.88. The lowest BCUT2D eigenvalue weighted by molar-refractivity contribution is -0.118. The molecule has 38 heavy (non-hydrogen) atoms. The van der Waals surface area contributed by atoms with E-state index in [9.17, 15) is 10.1 Å². The van der Waals surface area contributed by atoms with E-state index in [2.05, 4.69) is 41.9 Å². The zero-order chi connectivity index (χ0) is 27.4. The van der Waals surface area contributed by atoms with Gasteiger partial charge in [0.2, 0.25) is 5.96 Å². The van der Waals surface area contributed by atoms with Crippen LogP contribution < -0.4 is 36.9 Å². The van der Waals surface area contributed by atoms with E-state index in [0.717, 1.165) is 5.56 Å². The highest BCUT2D eigenvalue weighted by Crippen LogP contribution is 2.45. The molecule has 192 valence electrons. The molecule has 13 heteroatoms. The van der Waals surface area contributed by atoms with Crippen LogP contribution in [0.1, 0.15) is 28.3 Å². The van der Waals surface area contributed by atoms with Gasteiger partial charge in [0.1, 0.15) is 29.3 Å². The van der Waals surface area contributed by atoms with Crippen molar-refractivity contribution < 1.29 is 14.3 Å². The number of nitrogens with zero attached hydrogens (tertiary/aromatic N) is 4. The number of carbonyl (C=O) groups excluding carboxylic acids is 1. The predicted molar refractivity (Wildman–Crippen MR) is 145 cm³/mol. The number of methoxy groups -OCH3 is 1. The molecule has 0 radical (unpaired) electrons. The van der Waals surface area contributed by atoms with Crippen molar-refractivity contribution in [2.75, 3.05) is 35.8 Å². The van der Waals surface area contributed by atoms with Gasteiger partial charge in [0, 0.05) is 11.3 Å². The van der Waals surface area contributed by atoms with Crippen molar-refractivity contribution in [1.82, 2.24) is 10.3 Å². The number of fused-ring (bicyclic) bond motifs is 1. The summed E-state index contributed by atoms with van der Waals surface area (Å²) >= 11 is 3.49. The van der Waals surface area contributed by atoms with Crippen LogP contribution in [0.4, 0.5) is 23.0 Å². The summed E-state index contributed by atoms with van der Waals surface area (Å²) in [7, 11) is 1.46.